The Morgan fingerprint density at radius 1 is 1.10 bits per heavy atom. The quantitative estimate of drug-likeness (QED) is 0.258. The highest BCUT2D eigenvalue weighted by Crippen LogP contribution is 2.02. The van der Waals surface area contributed by atoms with Crippen LogP contribution in [0.15, 0.2) is 23.8 Å². The molecule has 0 fully saturated rings. The van der Waals surface area contributed by atoms with Crippen molar-refractivity contribution in [2.75, 3.05) is 20.1 Å². The molecule has 1 N–H and O–H groups in total. The lowest BCUT2D eigenvalue weighted by atomic mass is 10.1. The first-order chi connectivity index (χ1) is 9.57. The molecule has 0 atom stereocenters. The van der Waals surface area contributed by atoms with Crippen LogP contribution in [-0.2, 0) is 9.59 Å². The van der Waals surface area contributed by atoms with Crippen molar-refractivity contribution >= 4 is 12.3 Å². The third-order valence-electron chi connectivity index (χ3n) is 3.08. The number of aliphatic carboxylic acids is 1. The third kappa shape index (κ3) is 11.7. The lowest BCUT2D eigenvalue weighted by Crippen LogP contribution is -2.19. The van der Waals surface area contributed by atoms with E-state index in [9.17, 15) is 9.59 Å². The highest BCUT2D eigenvalue weighted by Gasteiger charge is 1.99. The van der Waals surface area contributed by atoms with Crippen LogP contribution < -0.4 is 0 Å². The van der Waals surface area contributed by atoms with Crippen LogP contribution in [0.5, 0.6) is 0 Å². The summed E-state index contributed by atoms with van der Waals surface area (Å²) in [5, 5.41) is 8.71. The molecule has 0 aliphatic carbocycles. The molecule has 0 aliphatic rings. The smallest absolute Gasteiger partial charge is 0.330 e. The summed E-state index contributed by atoms with van der Waals surface area (Å²) < 4.78 is 0. The topological polar surface area (TPSA) is 57.6 Å². The molecule has 0 amide bonds. The molecule has 0 aromatic carbocycles. The number of hydrogen-bond acceptors (Lipinski definition) is 3. The number of carboxylic acid groups (broad SMARTS) is 1. The minimum atomic E-state index is -0.845. The number of unbranched alkanes of at least 4 members (excludes halogenated alkanes) is 4. The molecule has 0 saturated heterocycles. The number of aldehydes is 1. The van der Waals surface area contributed by atoms with Gasteiger partial charge in [0, 0.05) is 25.1 Å². The van der Waals surface area contributed by atoms with Crippen molar-refractivity contribution < 1.29 is 14.7 Å². The Kier molecular flexibility index (Phi) is 11.7. The Morgan fingerprint density at radius 2 is 1.80 bits per heavy atom. The van der Waals surface area contributed by atoms with Crippen LogP contribution in [0.2, 0.25) is 0 Å². The van der Waals surface area contributed by atoms with Gasteiger partial charge in [-0.05, 0) is 39.7 Å². The molecule has 0 spiro atoms. The summed E-state index contributed by atoms with van der Waals surface area (Å²) >= 11 is 0. The largest absolute Gasteiger partial charge is 0.478 e. The summed E-state index contributed by atoms with van der Waals surface area (Å²) in [4.78, 5) is 22.9. The fourth-order valence-corrected chi connectivity index (χ4v) is 1.72. The molecule has 0 aliphatic heterocycles. The fraction of sp³-hybridized carbons (Fsp3) is 0.625. The maximum atomic E-state index is 10.6. The Labute approximate surface area is 122 Å². The van der Waals surface area contributed by atoms with Gasteiger partial charge in [0.2, 0.25) is 0 Å². The molecule has 0 saturated carbocycles. The SMILES string of the molecule is CC(=CCCN(C)CC=CCCCCCC=O)C(=O)O. The number of carboxylic acids is 1. The second kappa shape index (κ2) is 12.6. The number of rotatable bonds is 12. The highest BCUT2D eigenvalue weighted by molar-refractivity contribution is 5.85. The van der Waals surface area contributed by atoms with Crippen LogP contribution >= 0.6 is 0 Å². The Balaban J connectivity index is 3.57. The molecule has 4 heteroatoms. The van der Waals surface area contributed by atoms with Gasteiger partial charge in [-0.15, -0.1) is 0 Å². The van der Waals surface area contributed by atoms with Gasteiger partial charge in [-0.1, -0.05) is 24.6 Å². The van der Waals surface area contributed by atoms with Gasteiger partial charge in [0.1, 0.15) is 6.29 Å². The minimum Gasteiger partial charge on any atom is -0.478 e. The van der Waals surface area contributed by atoms with E-state index in [0.717, 1.165) is 51.5 Å². The Bertz CT molecular complexity index is 335. The van der Waals surface area contributed by atoms with Crippen LogP contribution in [0.4, 0.5) is 0 Å². The average molecular weight is 281 g/mol. The van der Waals surface area contributed by atoms with Crippen molar-refractivity contribution in [1.29, 1.82) is 0 Å². The summed E-state index contributed by atoms with van der Waals surface area (Å²) in [6.07, 6.45) is 12.8. The molecule has 4 nitrogen and oxygen atoms in total. The van der Waals surface area contributed by atoms with Gasteiger partial charge in [-0.3, -0.25) is 0 Å². The summed E-state index contributed by atoms with van der Waals surface area (Å²) in [5.41, 5.74) is 0.407. The van der Waals surface area contributed by atoms with E-state index in [-0.39, 0.29) is 0 Å². The molecule has 0 aromatic heterocycles. The zero-order valence-corrected chi connectivity index (χ0v) is 12.7. The van der Waals surface area contributed by atoms with Gasteiger partial charge in [0.05, 0.1) is 0 Å². The maximum Gasteiger partial charge on any atom is 0.330 e. The van der Waals surface area contributed by atoms with Gasteiger partial charge in [0.15, 0.2) is 0 Å². The van der Waals surface area contributed by atoms with Crippen LogP contribution in [0.1, 0.15) is 45.4 Å². The van der Waals surface area contributed by atoms with E-state index in [2.05, 4.69) is 17.1 Å². The fourth-order valence-electron chi connectivity index (χ4n) is 1.72. The van der Waals surface area contributed by atoms with Crippen LogP contribution in [0.25, 0.3) is 0 Å². The highest BCUT2D eigenvalue weighted by atomic mass is 16.4. The molecule has 20 heavy (non-hydrogen) atoms. The summed E-state index contributed by atoms with van der Waals surface area (Å²) in [6, 6.07) is 0. The lowest BCUT2D eigenvalue weighted by Gasteiger charge is -2.12. The minimum absolute atomic E-state index is 0.407. The van der Waals surface area contributed by atoms with Crippen LogP contribution in [-0.4, -0.2) is 42.4 Å². The number of hydrogen-bond donors (Lipinski definition) is 1. The second-order valence-corrected chi connectivity index (χ2v) is 5.02. The number of likely N-dealkylation sites (N-methyl/N-ethyl adjacent to an activating group) is 1. The van der Waals surface area contributed by atoms with E-state index in [1.54, 1.807) is 13.0 Å². The standard InChI is InChI=1S/C16H27NO3/c1-15(16(19)20)11-10-13-17(2)12-8-6-4-3-5-7-9-14-18/h6,8,11,14H,3-5,7,9-10,12-13H2,1-2H3,(H,19,20). The molecule has 0 heterocycles. The van der Waals surface area contributed by atoms with E-state index in [1.807, 2.05) is 7.05 Å². The first-order valence-corrected chi connectivity index (χ1v) is 7.25. The summed E-state index contributed by atoms with van der Waals surface area (Å²) in [6.45, 7) is 3.36. The third-order valence-corrected chi connectivity index (χ3v) is 3.08. The van der Waals surface area contributed by atoms with Crippen molar-refractivity contribution in [2.24, 2.45) is 0 Å². The zero-order chi connectivity index (χ0) is 15.2. The van der Waals surface area contributed by atoms with E-state index < -0.39 is 5.97 Å². The van der Waals surface area contributed by atoms with Gasteiger partial charge in [-0.25, -0.2) is 4.79 Å². The lowest BCUT2D eigenvalue weighted by molar-refractivity contribution is -0.132. The van der Waals surface area contributed by atoms with Crippen molar-refractivity contribution in [1.82, 2.24) is 4.90 Å². The molecule has 0 unspecified atom stereocenters. The summed E-state index contributed by atoms with van der Waals surface area (Å²) in [5.74, 6) is -0.845. The Hall–Kier alpha value is -1.42. The van der Waals surface area contributed by atoms with Gasteiger partial charge in [-0.2, -0.15) is 0 Å². The molecular formula is C16H27NO3. The van der Waals surface area contributed by atoms with Crippen molar-refractivity contribution in [3.05, 3.63) is 23.8 Å². The molecule has 0 bridgehead atoms. The number of carbonyl (C=O) groups excluding carboxylic acids is 1. The Morgan fingerprint density at radius 3 is 2.45 bits per heavy atom. The summed E-state index contributed by atoms with van der Waals surface area (Å²) in [7, 11) is 2.03. The van der Waals surface area contributed by atoms with Crippen molar-refractivity contribution in [3.63, 3.8) is 0 Å². The van der Waals surface area contributed by atoms with Gasteiger partial charge >= 0.3 is 5.97 Å². The van der Waals surface area contributed by atoms with Crippen LogP contribution in [0.3, 0.4) is 0 Å². The zero-order valence-electron chi connectivity index (χ0n) is 12.7. The van der Waals surface area contributed by atoms with Crippen molar-refractivity contribution in [2.45, 2.75) is 45.4 Å². The normalized spacial score (nSPS) is 12.2. The molecule has 0 rings (SSSR count). The molecule has 114 valence electrons. The molecule has 0 radical (unpaired) electrons. The second-order valence-electron chi connectivity index (χ2n) is 5.02. The number of nitrogens with zero attached hydrogens (tertiary/aromatic N) is 1. The van der Waals surface area contributed by atoms with Crippen LogP contribution in [0, 0.1) is 0 Å². The van der Waals surface area contributed by atoms with Gasteiger partial charge in [0.25, 0.3) is 0 Å². The first-order valence-electron chi connectivity index (χ1n) is 7.25. The predicted molar refractivity (Wildman–Crippen MR) is 81.8 cm³/mol. The van der Waals surface area contributed by atoms with Crippen molar-refractivity contribution in [3.8, 4) is 0 Å². The van der Waals surface area contributed by atoms with E-state index in [4.69, 9.17) is 5.11 Å². The van der Waals surface area contributed by atoms with E-state index in [0.29, 0.717) is 12.0 Å². The predicted octanol–water partition coefficient (Wildman–Crippen LogP) is 3.04. The monoisotopic (exact) mass is 281 g/mol. The van der Waals surface area contributed by atoms with Gasteiger partial charge < -0.3 is 14.8 Å². The van der Waals surface area contributed by atoms with E-state index in [1.165, 1.54) is 0 Å². The number of carbonyl (C=O) groups is 2. The molecule has 0 aromatic rings. The maximum absolute atomic E-state index is 10.6. The molecular weight excluding hydrogens is 254 g/mol. The van der Waals surface area contributed by atoms with E-state index >= 15 is 0 Å². The number of allylic oxidation sites excluding steroid dienone is 1. The first kappa shape index (κ1) is 18.6. The average Bonchev–Trinajstić information content (AvgIpc) is 2.41.